The molecule has 0 saturated carbocycles. The van der Waals surface area contributed by atoms with Crippen molar-refractivity contribution in [3.63, 3.8) is 0 Å². The number of halogens is 2. The Labute approximate surface area is 84.8 Å². The molecule has 0 atom stereocenters. The van der Waals surface area contributed by atoms with Gasteiger partial charge in [0, 0.05) is 5.69 Å². The summed E-state index contributed by atoms with van der Waals surface area (Å²) in [4.78, 5) is 7.41. The average Bonchev–Trinajstić information content (AvgIpc) is 2.25. The van der Waals surface area contributed by atoms with Crippen molar-refractivity contribution in [3.05, 3.63) is 48.3 Å². The molecule has 0 aliphatic heterocycles. The molecule has 1 heterocycles. The molecule has 1 aromatic carbocycles. The molecule has 15 heavy (non-hydrogen) atoms. The van der Waals surface area contributed by atoms with Gasteiger partial charge >= 0.3 is 0 Å². The minimum atomic E-state index is -0.500. The summed E-state index contributed by atoms with van der Waals surface area (Å²) in [5.74, 6) is -0.553. The van der Waals surface area contributed by atoms with E-state index < -0.39 is 5.82 Å². The Morgan fingerprint density at radius 3 is 2.07 bits per heavy atom. The zero-order valence-electron chi connectivity index (χ0n) is 7.61. The molecule has 2 rings (SSSR count). The number of nitrogens with zero attached hydrogens (tertiary/aromatic N) is 2. The number of benzene rings is 1. The van der Waals surface area contributed by atoms with E-state index in [1.54, 1.807) is 12.1 Å². The molecule has 76 valence electrons. The number of nitrogens with one attached hydrogen (secondary N) is 1. The molecule has 0 saturated heterocycles. The molecule has 0 fully saturated rings. The van der Waals surface area contributed by atoms with Gasteiger partial charge in [0.05, 0.1) is 12.4 Å². The normalized spacial score (nSPS) is 10.0. The van der Waals surface area contributed by atoms with E-state index >= 15 is 0 Å². The van der Waals surface area contributed by atoms with E-state index in [0.717, 1.165) is 12.4 Å². The molecule has 0 aliphatic carbocycles. The van der Waals surface area contributed by atoms with Gasteiger partial charge in [-0.3, -0.25) is 0 Å². The van der Waals surface area contributed by atoms with Crippen LogP contribution in [0.2, 0.25) is 0 Å². The number of hydrogen-bond donors (Lipinski definition) is 1. The largest absolute Gasteiger partial charge is 0.324 e. The molecule has 0 bridgehead atoms. The van der Waals surface area contributed by atoms with Gasteiger partial charge in [-0.2, -0.15) is 0 Å². The third-order valence-electron chi connectivity index (χ3n) is 1.72. The number of aromatic nitrogens is 2. The van der Waals surface area contributed by atoms with Crippen LogP contribution in [0.25, 0.3) is 0 Å². The topological polar surface area (TPSA) is 37.8 Å². The van der Waals surface area contributed by atoms with Gasteiger partial charge in [-0.05, 0) is 24.3 Å². The zero-order valence-corrected chi connectivity index (χ0v) is 7.61. The van der Waals surface area contributed by atoms with Crippen LogP contribution in [0.5, 0.6) is 0 Å². The van der Waals surface area contributed by atoms with Gasteiger partial charge in [0.1, 0.15) is 5.82 Å². The quantitative estimate of drug-likeness (QED) is 0.822. The Morgan fingerprint density at radius 1 is 0.867 bits per heavy atom. The molecular formula is C10H7F2N3. The minimum absolute atomic E-state index is 0.267. The molecular weight excluding hydrogens is 200 g/mol. The lowest BCUT2D eigenvalue weighted by atomic mass is 10.3. The Hall–Kier alpha value is -2.04. The van der Waals surface area contributed by atoms with Crippen molar-refractivity contribution in [2.24, 2.45) is 0 Å². The fourth-order valence-corrected chi connectivity index (χ4v) is 1.04. The van der Waals surface area contributed by atoms with Gasteiger partial charge in [0.25, 0.3) is 0 Å². The standard InChI is InChI=1S/C10H7F2N3/c11-7-1-3-9(4-2-7)15-10-13-5-8(12)6-14-10/h1-6H,(H,13,14,15). The summed E-state index contributed by atoms with van der Waals surface area (Å²) in [6.07, 6.45) is 2.11. The van der Waals surface area contributed by atoms with Gasteiger partial charge in [0.2, 0.25) is 5.95 Å². The monoisotopic (exact) mass is 207 g/mol. The highest BCUT2D eigenvalue weighted by Gasteiger charge is 1.98. The first-order valence-electron chi connectivity index (χ1n) is 4.24. The highest BCUT2D eigenvalue weighted by atomic mass is 19.1. The van der Waals surface area contributed by atoms with Gasteiger partial charge in [-0.25, -0.2) is 18.7 Å². The molecule has 5 heteroatoms. The van der Waals surface area contributed by atoms with Gasteiger partial charge in [-0.1, -0.05) is 0 Å². The maximum absolute atomic E-state index is 12.6. The minimum Gasteiger partial charge on any atom is -0.324 e. The summed E-state index contributed by atoms with van der Waals surface area (Å²) < 4.78 is 25.0. The smallest absolute Gasteiger partial charge is 0.227 e. The molecule has 0 radical (unpaired) electrons. The first-order valence-corrected chi connectivity index (χ1v) is 4.24. The van der Waals surface area contributed by atoms with Crippen LogP contribution in [0, 0.1) is 11.6 Å². The van der Waals surface area contributed by atoms with Crippen LogP contribution in [-0.4, -0.2) is 9.97 Å². The van der Waals surface area contributed by atoms with E-state index in [2.05, 4.69) is 15.3 Å². The fraction of sp³-hybridized carbons (Fsp3) is 0. The average molecular weight is 207 g/mol. The molecule has 1 aromatic heterocycles. The van der Waals surface area contributed by atoms with Crippen LogP contribution in [0.15, 0.2) is 36.7 Å². The zero-order chi connectivity index (χ0) is 10.7. The third-order valence-corrected chi connectivity index (χ3v) is 1.72. The van der Waals surface area contributed by atoms with Gasteiger partial charge < -0.3 is 5.32 Å². The second-order valence-electron chi connectivity index (χ2n) is 2.86. The molecule has 0 amide bonds. The van der Waals surface area contributed by atoms with E-state index in [1.807, 2.05) is 0 Å². The van der Waals surface area contributed by atoms with Crippen molar-refractivity contribution in [1.29, 1.82) is 0 Å². The Bertz CT molecular complexity index is 396. The van der Waals surface area contributed by atoms with Crippen LogP contribution in [0.3, 0.4) is 0 Å². The number of anilines is 2. The Morgan fingerprint density at radius 2 is 1.47 bits per heavy atom. The summed E-state index contributed by atoms with van der Waals surface area (Å²) >= 11 is 0. The van der Waals surface area contributed by atoms with Crippen LogP contribution in [-0.2, 0) is 0 Å². The van der Waals surface area contributed by atoms with E-state index in [1.165, 1.54) is 12.1 Å². The van der Waals surface area contributed by atoms with Crippen LogP contribution in [0.4, 0.5) is 20.4 Å². The highest BCUT2D eigenvalue weighted by molar-refractivity contribution is 5.52. The maximum atomic E-state index is 12.6. The molecule has 2 aromatic rings. The lowest BCUT2D eigenvalue weighted by Gasteiger charge is -2.03. The van der Waals surface area contributed by atoms with Crippen LogP contribution >= 0.6 is 0 Å². The summed E-state index contributed by atoms with van der Waals surface area (Å²) in [5.41, 5.74) is 0.642. The summed E-state index contributed by atoms with van der Waals surface area (Å²) in [5, 5.41) is 2.80. The molecule has 0 aliphatic rings. The van der Waals surface area contributed by atoms with Crippen molar-refractivity contribution in [2.75, 3.05) is 5.32 Å². The SMILES string of the molecule is Fc1ccc(Nc2ncc(F)cn2)cc1. The number of hydrogen-bond acceptors (Lipinski definition) is 3. The Kier molecular flexibility index (Phi) is 2.53. The third kappa shape index (κ3) is 2.46. The van der Waals surface area contributed by atoms with Crippen molar-refractivity contribution in [3.8, 4) is 0 Å². The van der Waals surface area contributed by atoms with Crippen molar-refractivity contribution in [2.45, 2.75) is 0 Å². The molecule has 1 N–H and O–H groups in total. The van der Waals surface area contributed by atoms with Crippen LogP contribution < -0.4 is 5.32 Å². The van der Waals surface area contributed by atoms with Crippen molar-refractivity contribution in [1.82, 2.24) is 9.97 Å². The Balaban J connectivity index is 2.15. The van der Waals surface area contributed by atoms with Crippen molar-refractivity contribution >= 4 is 11.6 Å². The van der Waals surface area contributed by atoms with Gasteiger partial charge in [-0.15, -0.1) is 0 Å². The van der Waals surface area contributed by atoms with Gasteiger partial charge in [0.15, 0.2) is 5.82 Å². The lowest BCUT2D eigenvalue weighted by molar-refractivity contribution is 0.614. The van der Waals surface area contributed by atoms with Crippen molar-refractivity contribution < 1.29 is 8.78 Å². The second-order valence-corrected chi connectivity index (χ2v) is 2.86. The summed E-state index contributed by atoms with van der Waals surface area (Å²) in [6.45, 7) is 0. The molecule has 3 nitrogen and oxygen atoms in total. The first kappa shape index (κ1) is 9.51. The lowest BCUT2D eigenvalue weighted by Crippen LogP contribution is -1.96. The molecule has 0 unspecified atom stereocenters. The summed E-state index contributed by atoms with van der Waals surface area (Å²) in [6, 6.07) is 5.71. The predicted octanol–water partition coefficient (Wildman–Crippen LogP) is 2.50. The second kappa shape index (κ2) is 4.00. The highest BCUT2D eigenvalue weighted by Crippen LogP contribution is 2.12. The van der Waals surface area contributed by atoms with E-state index in [4.69, 9.17) is 0 Å². The number of rotatable bonds is 2. The fourth-order valence-electron chi connectivity index (χ4n) is 1.04. The first-order chi connectivity index (χ1) is 7.24. The van der Waals surface area contributed by atoms with E-state index in [-0.39, 0.29) is 11.8 Å². The molecule has 0 spiro atoms. The maximum Gasteiger partial charge on any atom is 0.227 e. The predicted molar refractivity (Wildman–Crippen MR) is 51.7 cm³/mol. The van der Waals surface area contributed by atoms with Crippen LogP contribution in [0.1, 0.15) is 0 Å². The van der Waals surface area contributed by atoms with E-state index in [9.17, 15) is 8.78 Å². The summed E-state index contributed by atoms with van der Waals surface area (Å²) in [7, 11) is 0. The van der Waals surface area contributed by atoms with E-state index in [0.29, 0.717) is 5.69 Å².